The van der Waals surface area contributed by atoms with Gasteiger partial charge in [-0.3, -0.25) is 0 Å². The van der Waals surface area contributed by atoms with Crippen LogP contribution in [0.5, 0.6) is 0 Å². The van der Waals surface area contributed by atoms with E-state index in [1.165, 1.54) is 12.1 Å². The van der Waals surface area contributed by atoms with E-state index in [1.54, 1.807) is 0 Å². The molecule has 2 aromatic rings. The SMILES string of the molecule is Nc1nnc(-c2cccc(C(F)(F)F)c2)nc1Cl. The Morgan fingerprint density at radius 1 is 1.17 bits per heavy atom. The van der Waals surface area contributed by atoms with Crippen LogP contribution < -0.4 is 5.73 Å². The summed E-state index contributed by atoms with van der Waals surface area (Å²) in [4.78, 5) is 3.77. The summed E-state index contributed by atoms with van der Waals surface area (Å²) in [6.45, 7) is 0. The summed E-state index contributed by atoms with van der Waals surface area (Å²) in [7, 11) is 0. The number of nitrogens with two attached hydrogens (primary N) is 1. The Morgan fingerprint density at radius 3 is 2.50 bits per heavy atom. The van der Waals surface area contributed by atoms with Gasteiger partial charge >= 0.3 is 6.18 Å². The van der Waals surface area contributed by atoms with Crippen molar-refractivity contribution in [2.45, 2.75) is 6.18 Å². The quantitative estimate of drug-likeness (QED) is 0.868. The van der Waals surface area contributed by atoms with E-state index in [0.29, 0.717) is 0 Å². The molecule has 0 aliphatic heterocycles. The van der Waals surface area contributed by atoms with Crippen LogP contribution in [0.2, 0.25) is 5.15 Å². The third-order valence-corrected chi connectivity index (χ3v) is 2.39. The van der Waals surface area contributed by atoms with Crippen LogP contribution in [0.25, 0.3) is 11.4 Å². The zero-order chi connectivity index (χ0) is 13.3. The van der Waals surface area contributed by atoms with Crippen molar-refractivity contribution in [1.29, 1.82) is 0 Å². The van der Waals surface area contributed by atoms with Gasteiger partial charge in [0.25, 0.3) is 0 Å². The second kappa shape index (κ2) is 4.41. The van der Waals surface area contributed by atoms with Gasteiger partial charge in [-0.05, 0) is 12.1 Å². The van der Waals surface area contributed by atoms with Gasteiger partial charge in [-0.15, -0.1) is 10.2 Å². The van der Waals surface area contributed by atoms with Gasteiger partial charge in [-0.2, -0.15) is 13.2 Å². The first kappa shape index (κ1) is 12.6. The van der Waals surface area contributed by atoms with Crippen LogP contribution >= 0.6 is 11.6 Å². The number of halogens is 4. The molecule has 2 N–H and O–H groups in total. The molecule has 8 heteroatoms. The Labute approximate surface area is 105 Å². The Morgan fingerprint density at radius 2 is 1.89 bits per heavy atom. The normalized spacial score (nSPS) is 11.6. The topological polar surface area (TPSA) is 64.7 Å². The molecular weight excluding hydrogens is 269 g/mol. The maximum atomic E-state index is 12.5. The van der Waals surface area contributed by atoms with E-state index in [4.69, 9.17) is 17.3 Å². The smallest absolute Gasteiger partial charge is 0.380 e. The van der Waals surface area contributed by atoms with Crippen LogP contribution in [0.15, 0.2) is 24.3 Å². The summed E-state index contributed by atoms with van der Waals surface area (Å²) in [5, 5.41) is 6.99. The molecule has 0 radical (unpaired) electrons. The Balaban J connectivity index is 2.48. The zero-order valence-electron chi connectivity index (χ0n) is 8.74. The third kappa shape index (κ3) is 2.51. The predicted molar refractivity (Wildman–Crippen MR) is 59.7 cm³/mol. The number of hydrogen-bond donors (Lipinski definition) is 1. The lowest BCUT2D eigenvalue weighted by atomic mass is 10.1. The minimum atomic E-state index is -4.43. The first-order valence-electron chi connectivity index (χ1n) is 4.71. The first-order valence-corrected chi connectivity index (χ1v) is 5.09. The first-order chi connectivity index (χ1) is 8.38. The second-order valence-electron chi connectivity index (χ2n) is 3.39. The van der Waals surface area contributed by atoms with E-state index in [9.17, 15) is 13.2 Å². The maximum Gasteiger partial charge on any atom is 0.416 e. The molecule has 0 aliphatic rings. The molecular formula is C10H6ClF3N4. The fraction of sp³-hybridized carbons (Fsp3) is 0.100. The molecule has 0 fully saturated rings. The van der Waals surface area contributed by atoms with Crippen molar-refractivity contribution in [1.82, 2.24) is 15.2 Å². The number of nitrogen functional groups attached to an aromatic ring is 1. The van der Waals surface area contributed by atoms with Crippen molar-refractivity contribution < 1.29 is 13.2 Å². The Kier molecular flexibility index (Phi) is 3.08. The minimum absolute atomic E-state index is 0.0136. The Hall–Kier alpha value is -1.89. The molecule has 1 heterocycles. The van der Waals surface area contributed by atoms with Crippen molar-refractivity contribution in [3.05, 3.63) is 35.0 Å². The van der Waals surface area contributed by atoms with E-state index in [1.807, 2.05) is 0 Å². The summed E-state index contributed by atoms with van der Waals surface area (Å²) in [6.07, 6.45) is -4.43. The van der Waals surface area contributed by atoms with Crippen molar-refractivity contribution in [3.8, 4) is 11.4 Å². The molecule has 94 valence electrons. The van der Waals surface area contributed by atoms with Crippen LogP contribution in [-0.4, -0.2) is 15.2 Å². The van der Waals surface area contributed by atoms with Gasteiger partial charge in [-0.1, -0.05) is 23.7 Å². The number of alkyl halides is 3. The number of hydrogen-bond acceptors (Lipinski definition) is 4. The molecule has 0 saturated carbocycles. The molecule has 1 aromatic carbocycles. The largest absolute Gasteiger partial charge is 0.416 e. The number of nitrogens with zero attached hydrogens (tertiary/aromatic N) is 3. The molecule has 2 rings (SSSR count). The average Bonchev–Trinajstić information content (AvgIpc) is 2.32. The van der Waals surface area contributed by atoms with Crippen LogP contribution in [-0.2, 0) is 6.18 Å². The van der Waals surface area contributed by atoms with Gasteiger partial charge in [0, 0.05) is 5.56 Å². The van der Waals surface area contributed by atoms with Gasteiger partial charge in [0.1, 0.15) is 0 Å². The van der Waals surface area contributed by atoms with E-state index < -0.39 is 11.7 Å². The number of benzene rings is 1. The molecule has 0 atom stereocenters. The van der Waals surface area contributed by atoms with E-state index in [2.05, 4.69) is 15.2 Å². The summed E-state index contributed by atoms with van der Waals surface area (Å²) in [6, 6.07) is 4.56. The molecule has 0 unspecified atom stereocenters. The molecule has 18 heavy (non-hydrogen) atoms. The molecule has 0 spiro atoms. The van der Waals surface area contributed by atoms with Crippen LogP contribution in [0.1, 0.15) is 5.56 Å². The third-order valence-electron chi connectivity index (χ3n) is 2.12. The van der Waals surface area contributed by atoms with Gasteiger partial charge in [0.15, 0.2) is 16.8 Å². The van der Waals surface area contributed by atoms with Gasteiger partial charge < -0.3 is 5.73 Å². The van der Waals surface area contributed by atoms with Crippen molar-refractivity contribution in [3.63, 3.8) is 0 Å². The standard InChI is InChI=1S/C10H6ClF3N4/c11-7-8(15)17-18-9(16-7)5-2-1-3-6(4-5)10(12,13)14/h1-4H,(H2,15,17). The maximum absolute atomic E-state index is 12.5. The van der Waals surface area contributed by atoms with E-state index in [0.717, 1.165) is 12.1 Å². The lowest BCUT2D eigenvalue weighted by Crippen LogP contribution is -2.05. The summed E-state index contributed by atoms with van der Waals surface area (Å²) in [5.74, 6) is -0.0901. The fourth-order valence-corrected chi connectivity index (χ4v) is 1.39. The lowest BCUT2D eigenvalue weighted by Gasteiger charge is -2.07. The summed E-state index contributed by atoms with van der Waals surface area (Å²) in [5.41, 5.74) is 4.69. The van der Waals surface area contributed by atoms with Crippen molar-refractivity contribution in [2.24, 2.45) is 0 Å². The van der Waals surface area contributed by atoms with Crippen LogP contribution in [0.3, 0.4) is 0 Å². The highest BCUT2D eigenvalue weighted by Gasteiger charge is 2.30. The predicted octanol–water partition coefficient (Wildman–Crippen LogP) is 2.79. The van der Waals surface area contributed by atoms with E-state index in [-0.39, 0.29) is 22.4 Å². The Bertz CT molecular complexity index is 586. The van der Waals surface area contributed by atoms with E-state index >= 15 is 0 Å². The molecule has 1 aromatic heterocycles. The fourth-order valence-electron chi connectivity index (χ4n) is 1.27. The minimum Gasteiger partial charge on any atom is -0.380 e. The number of aromatic nitrogens is 3. The second-order valence-corrected chi connectivity index (χ2v) is 3.75. The molecule has 0 amide bonds. The van der Waals surface area contributed by atoms with Gasteiger partial charge in [0.2, 0.25) is 0 Å². The molecule has 0 saturated heterocycles. The van der Waals surface area contributed by atoms with Crippen LogP contribution in [0.4, 0.5) is 19.0 Å². The molecule has 4 nitrogen and oxygen atoms in total. The number of anilines is 1. The van der Waals surface area contributed by atoms with Crippen molar-refractivity contribution >= 4 is 17.4 Å². The van der Waals surface area contributed by atoms with Gasteiger partial charge in [0.05, 0.1) is 5.56 Å². The summed E-state index contributed by atoms with van der Waals surface area (Å²) < 4.78 is 37.6. The zero-order valence-corrected chi connectivity index (χ0v) is 9.50. The highest BCUT2D eigenvalue weighted by Crippen LogP contribution is 2.31. The van der Waals surface area contributed by atoms with Crippen LogP contribution in [0, 0.1) is 0 Å². The summed E-state index contributed by atoms with van der Waals surface area (Å²) >= 11 is 5.63. The number of rotatable bonds is 1. The molecule has 0 bridgehead atoms. The highest BCUT2D eigenvalue weighted by atomic mass is 35.5. The lowest BCUT2D eigenvalue weighted by molar-refractivity contribution is -0.137. The highest BCUT2D eigenvalue weighted by molar-refractivity contribution is 6.31. The monoisotopic (exact) mass is 274 g/mol. The average molecular weight is 275 g/mol. The van der Waals surface area contributed by atoms with Crippen molar-refractivity contribution in [2.75, 3.05) is 5.73 Å². The molecule has 0 aliphatic carbocycles. The van der Waals surface area contributed by atoms with Gasteiger partial charge in [-0.25, -0.2) is 4.98 Å².